The van der Waals surface area contributed by atoms with Gasteiger partial charge in [0, 0.05) is 6.54 Å². The molecule has 3 rings (SSSR count). The number of nitrogens with one attached hydrogen (secondary N) is 1. The zero-order valence-electron chi connectivity index (χ0n) is 20.2. The first kappa shape index (κ1) is 25.6. The topological polar surface area (TPSA) is 94.1 Å². The minimum atomic E-state index is -0.858. The third-order valence-corrected chi connectivity index (χ3v) is 5.67. The standard InChI is InChI=1S/C28H31NO6/c1-4-7-20(17-27(30)31)21-12-15-24(33-2)23(16-21)28(32)29-18-19-10-13-22(14-11-19)35-26-9-6-5-8-25(26)34-3/h5-6,8-16,20H,4,7,17-18H2,1-3H3,(H,29,32)(H,30,31). The van der Waals surface area contributed by atoms with Crippen LogP contribution in [0.4, 0.5) is 0 Å². The molecule has 1 unspecified atom stereocenters. The van der Waals surface area contributed by atoms with E-state index in [1.165, 1.54) is 7.11 Å². The van der Waals surface area contributed by atoms with E-state index in [2.05, 4.69) is 5.32 Å². The van der Waals surface area contributed by atoms with E-state index in [0.717, 1.165) is 24.0 Å². The summed E-state index contributed by atoms with van der Waals surface area (Å²) in [6, 6.07) is 20.1. The Morgan fingerprint density at radius 1 is 0.914 bits per heavy atom. The number of ether oxygens (including phenoxy) is 3. The van der Waals surface area contributed by atoms with Crippen molar-refractivity contribution < 1.29 is 28.9 Å². The Morgan fingerprint density at radius 2 is 1.60 bits per heavy atom. The van der Waals surface area contributed by atoms with Crippen LogP contribution in [0.5, 0.6) is 23.0 Å². The summed E-state index contributed by atoms with van der Waals surface area (Å²) in [5.74, 6) is 1.05. The molecule has 184 valence electrons. The first-order valence-electron chi connectivity index (χ1n) is 11.5. The summed E-state index contributed by atoms with van der Waals surface area (Å²) < 4.78 is 16.6. The van der Waals surface area contributed by atoms with Crippen molar-refractivity contribution in [2.45, 2.75) is 38.6 Å². The van der Waals surface area contributed by atoms with Gasteiger partial charge in [-0.3, -0.25) is 9.59 Å². The van der Waals surface area contributed by atoms with Gasteiger partial charge in [0.15, 0.2) is 11.5 Å². The molecule has 0 heterocycles. The highest BCUT2D eigenvalue weighted by Crippen LogP contribution is 2.31. The number of benzene rings is 3. The molecular formula is C28H31NO6. The number of hydrogen-bond acceptors (Lipinski definition) is 5. The summed E-state index contributed by atoms with van der Waals surface area (Å²) in [7, 11) is 3.10. The summed E-state index contributed by atoms with van der Waals surface area (Å²) in [5, 5.41) is 12.2. The van der Waals surface area contributed by atoms with Crippen LogP contribution < -0.4 is 19.5 Å². The van der Waals surface area contributed by atoms with Crippen LogP contribution >= 0.6 is 0 Å². The highest BCUT2D eigenvalue weighted by Gasteiger charge is 2.19. The molecule has 7 nitrogen and oxygen atoms in total. The number of carboxylic acid groups (broad SMARTS) is 1. The smallest absolute Gasteiger partial charge is 0.303 e. The summed E-state index contributed by atoms with van der Waals surface area (Å²) in [6.45, 7) is 2.33. The van der Waals surface area contributed by atoms with Gasteiger partial charge >= 0.3 is 5.97 Å². The van der Waals surface area contributed by atoms with Crippen molar-refractivity contribution in [3.63, 3.8) is 0 Å². The highest BCUT2D eigenvalue weighted by atomic mass is 16.5. The Labute approximate surface area is 205 Å². The first-order chi connectivity index (χ1) is 16.9. The molecule has 0 radical (unpaired) electrons. The van der Waals surface area contributed by atoms with Gasteiger partial charge in [0.05, 0.1) is 26.2 Å². The Morgan fingerprint density at radius 3 is 2.23 bits per heavy atom. The van der Waals surface area contributed by atoms with E-state index in [1.54, 1.807) is 19.2 Å². The average Bonchev–Trinajstić information content (AvgIpc) is 2.87. The second-order valence-corrected chi connectivity index (χ2v) is 8.12. The van der Waals surface area contributed by atoms with Gasteiger partial charge < -0.3 is 24.6 Å². The molecule has 0 spiro atoms. The number of para-hydroxylation sites is 2. The van der Waals surface area contributed by atoms with Crippen LogP contribution in [0.15, 0.2) is 66.7 Å². The Hall–Kier alpha value is -4.00. The molecule has 2 N–H and O–H groups in total. The van der Waals surface area contributed by atoms with Crippen molar-refractivity contribution in [2.24, 2.45) is 0 Å². The monoisotopic (exact) mass is 477 g/mol. The van der Waals surface area contributed by atoms with Crippen molar-refractivity contribution in [1.29, 1.82) is 0 Å². The lowest BCUT2D eigenvalue weighted by molar-refractivity contribution is -0.137. The van der Waals surface area contributed by atoms with E-state index >= 15 is 0 Å². The fourth-order valence-corrected chi connectivity index (χ4v) is 3.89. The summed E-state index contributed by atoms with van der Waals surface area (Å²) in [5.41, 5.74) is 2.10. The molecular weight excluding hydrogens is 446 g/mol. The van der Waals surface area contributed by atoms with E-state index in [-0.39, 0.29) is 18.2 Å². The lowest BCUT2D eigenvalue weighted by Crippen LogP contribution is -2.23. The van der Waals surface area contributed by atoms with Crippen molar-refractivity contribution in [2.75, 3.05) is 14.2 Å². The quantitative estimate of drug-likeness (QED) is 0.343. The van der Waals surface area contributed by atoms with Crippen molar-refractivity contribution in [3.8, 4) is 23.0 Å². The van der Waals surface area contributed by atoms with Gasteiger partial charge in [0.25, 0.3) is 5.91 Å². The largest absolute Gasteiger partial charge is 0.496 e. The van der Waals surface area contributed by atoms with Crippen LogP contribution in [-0.4, -0.2) is 31.2 Å². The molecule has 1 amide bonds. The second kappa shape index (κ2) is 12.5. The minimum Gasteiger partial charge on any atom is -0.496 e. The maximum atomic E-state index is 13.0. The lowest BCUT2D eigenvalue weighted by atomic mass is 9.90. The Bertz CT molecular complexity index is 1140. The van der Waals surface area contributed by atoms with E-state index < -0.39 is 5.97 Å². The molecule has 35 heavy (non-hydrogen) atoms. The van der Waals surface area contributed by atoms with Crippen LogP contribution in [0.1, 0.15) is 53.6 Å². The van der Waals surface area contributed by atoms with Gasteiger partial charge in [0.2, 0.25) is 0 Å². The van der Waals surface area contributed by atoms with Gasteiger partial charge in [-0.15, -0.1) is 0 Å². The van der Waals surface area contributed by atoms with Gasteiger partial charge in [-0.05, 0) is 59.9 Å². The first-order valence-corrected chi connectivity index (χ1v) is 11.5. The Balaban J connectivity index is 1.68. The summed E-state index contributed by atoms with van der Waals surface area (Å²) >= 11 is 0. The molecule has 1 atom stereocenters. The van der Waals surface area contributed by atoms with E-state index in [4.69, 9.17) is 14.2 Å². The average molecular weight is 478 g/mol. The van der Waals surface area contributed by atoms with E-state index in [9.17, 15) is 14.7 Å². The molecule has 0 aliphatic heterocycles. The van der Waals surface area contributed by atoms with Gasteiger partial charge in [-0.2, -0.15) is 0 Å². The number of carboxylic acids is 1. The maximum absolute atomic E-state index is 13.0. The molecule has 0 bridgehead atoms. The molecule has 0 aromatic heterocycles. The van der Waals surface area contributed by atoms with Crippen molar-refractivity contribution in [3.05, 3.63) is 83.4 Å². The number of rotatable bonds is 12. The van der Waals surface area contributed by atoms with Gasteiger partial charge in [0.1, 0.15) is 11.5 Å². The zero-order valence-corrected chi connectivity index (χ0v) is 20.2. The molecule has 0 fully saturated rings. The zero-order chi connectivity index (χ0) is 25.2. The summed E-state index contributed by atoms with van der Waals surface area (Å²) in [6.07, 6.45) is 1.59. The lowest BCUT2D eigenvalue weighted by Gasteiger charge is -2.17. The van der Waals surface area contributed by atoms with Crippen molar-refractivity contribution >= 4 is 11.9 Å². The van der Waals surface area contributed by atoms with Crippen LogP contribution in [0.25, 0.3) is 0 Å². The fraction of sp³-hybridized carbons (Fsp3) is 0.286. The second-order valence-electron chi connectivity index (χ2n) is 8.12. The van der Waals surface area contributed by atoms with E-state index in [0.29, 0.717) is 35.1 Å². The fourth-order valence-electron chi connectivity index (χ4n) is 3.89. The Kier molecular flexibility index (Phi) is 9.12. The molecule has 0 saturated heterocycles. The maximum Gasteiger partial charge on any atom is 0.303 e. The van der Waals surface area contributed by atoms with Crippen LogP contribution in [0.2, 0.25) is 0 Å². The van der Waals surface area contributed by atoms with Crippen LogP contribution in [0.3, 0.4) is 0 Å². The van der Waals surface area contributed by atoms with Crippen molar-refractivity contribution in [1.82, 2.24) is 5.32 Å². The number of methoxy groups -OCH3 is 2. The number of carbonyl (C=O) groups excluding carboxylic acids is 1. The molecule has 3 aromatic carbocycles. The molecule has 7 heteroatoms. The predicted molar refractivity (Wildman–Crippen MR) is 134 cm³/mol. The third-order valence-electron chi connectivity index (χ3n) is 5.67. The normalized spacial score (nSPS) is 11.4. The summed E-state index contributed by atoms with van der Waals surface area (Å²) in [4.78, 5) is 24.3. The molecule has 0 saturated carbocycles. The number of aliphatic carboxylic acids is 1. The van der Waals surface area contributed by atoms with Crippen LogP contribution in [-0.2, 0) is 11.3 Å². The highest BCUT2D eigenvalue weighted by molar-refractivity contribution is 5.97. The molecule has 3 aromatic rings. The number of hydrogen-bond donors (Lipinski definition) is 2. The third kappa shape index (κ3) is 6.99. The van der Waals surface area contributed by atoms with Gasteiger partial charge in [-0.1, -0.05) is 43.7 Å². The number of amides is 1. The number of carbonyl (C=O) groups is 2. The SMILES string of the molecule is CCCC(CC(=O)O)c1ccc(OC)c(C(=O)NCc2ccc(Oc3ccccc3OC)cc2)c1. The molecule has 0 aliphatic carbocycles. The predicted octanol–water partition coefficient (Wildman–Crippen LogP) is 5.78. The van der Waals surface area contributed by atoms with Crippen LogP contribution in [0, 0.1) is 0 Å². The van der Waals surface area contributed by atoms with E-state index in [1.807, 2.05) is 61.5 Å². The molecule has 0 aliphatic rings. The minimum absolute atomic E-state index is 0.0184. The van der Waals surface area contributed by atoms with Gasteiger partial charge in [-0.25, -0.2) is 0 Å².